The highest BCUT2D eigenvalue weighted by atomic mass is 16.6. The molecule has 5 heteroatoms. The number of hydrogen-bond donors (Lipinski definition) is 1. The van der Waals surface area contributed by atoms with Gasteiger partial charge in [0, 0.05) is 30.7 Å². The molecule has 3 rings (SSSR count). The maximum Gasteiger partial charge on any atom is 0.410 e. The smallest absolute Gasteiger partial charge is 0.410 e. The van der Waals surface area contributed by atoms with Crippen LogP contribution in [0.4, 0.5) is 4.79 Å². The molecule has 3 aliphatic carbocycles. The van der Waals surface area contributed by atoms with Gasteiger partial charge in [0.2, 0.25) is 0 Å². The first-order valence-electron chi connectivity index (χ1n) is 10.2. The van der Waals surface area contributed by atoms with Crippen LogP contribution in [0.1, 0.15) is 72.6 Å². The van der Waals surface area contributed by atoms with Crippen LogP contribution in [0, 0.1) is 5.41 Å². The van der Waals surface area contributed by atoms with Crippen LogP contribution < -0.4 is 5.32 Å². The van der Waals surface area contributed by atoms with Crippen LogP contribution in [0.5, 0.6) is 0 Å². The molecule has 0 aliphatic heterocycles. The van der Waals surface area contributed by atoms with Crippen molar-refractivity contribution in [1.29, 1.82) is 0 Å². The molecule has 144 valence electrons. The number of carbonyl (C=O) groups is 1. The number of nitrogens with one attached hydrogen (secondary N) is 1. The fourth-order valence-corrected chi connectivity index (χ4v) is 4.38. The van der Waals surface area contributed by atoms with Crippen molar-refractivity contribution in [3.05, 3.63) is 0 Å². The summed E-state index contributed by atoms with van der Waals surface area (Å²) in [6.45, 7) is 10.5. The third kappa shape index (κ3) is 4.30. The molecule has 0 radical (unpaired) electrons. The van der Waals surface area contributed by atoms with Gasteiger partial charge in [-0.3, -0.25) is 0 Å². The van der Waals surface area contributed by atoms with E-state index in [-0.39, 0.29) is 6.09 Å². The van der Waals surface area contributed by atoms with Gasteiger partial charge in [-0.2, -0.15) is 0 Å². The minimum Gasteiger partial charge on any atom is -0.444 e. The monoisotopic (exact) mass is 352 g/mol. The average molecular weight is 353 g/mol. The topological polar surface area (TPSA) is 50.8 Å². The van der Waals surface area contributed by atoms with E-state index in [0.29, 0.717) is 23.6 Å². The zero-order valence-corrected chi connectivity index (χ0v) is 16.5. The lowest BCUT2D eigenvalue weighted by atomic mass is 9.51. The first kappa shape index (κ1) is 19.0. The van der Waals surface area contributed by atoms with Crippen molar-refractivity contribution in [2.45, 2.75) is 96.4 Å². The van der Waals surface area contributed by atoms with Crippen LogP contribution in [-0.2, 0) is 9.47 Å². The fourth-order valence-electron chi connectivity index (χ4n) is 4.38. The predicted molar refractivity (Wildman–Crippen MR) is 98.7 cm³/mol. The Morgan fingerprint density at radius 2 is 2.00 bits per heavy atom. The minimum absolute atomic E-state index is 0.148. The van der Waals surface area contributed by atoms with Gasteiger partial charge in [0.05, 0.1) is 6.10 Å². The average Bonchev–Trinajstić information content (AvgIpc) is 3.25. The number of ether oxygens (including phenoxy) is 2. The molecule has 0 heterocycles. The second-order valence-electron chi connectivity index (χ2n) is 9.03. The molecule has 3 aliphatic rings. The standard InChI is InChI=1S/C20H36N2O3/c1-5-24-17-14-16(20(17)10-6-11-20)21-12-7-13-22(15-8-9-15)18(23)25-19(2,3)4/h15-17,21H,5-14H2,1-4H3. The molecule has 2 atom stereocenters. The summed E-state index contributed by atoms with van der Waals surface area (Å²) in [5.74, 6) is 0. The van der Waals surface area contributed by atoms with Gasteiger partial charge in [-0.1, -0.05) is 6.42 Å². The highest BCUT2D eigenvalue weighted by molar-refractivity contribution is 5.69. The van der Waals surface area contributed by atoms with E-state index in [1.165, 1.54) is 19.3 Å². The Kier molecular flexibility index (Phi) is 5.64. The number of rotatable bonds is 8. The normalized spacial score (nSPS) is 27.5. The number of nitrogens with zero attached hydrogens (tertiary/aromatic N) is 1. The van der Waals surface area contributed by atoms with Crippen LogP contribution >= 0.6 is 0 Å². The molecule has 0 aromatic heterocycles. The van der Waals surface area contributed by atoms with Crippen molar-refractivity contribution in [3.63, 3.8) is 0 Å². The summed E-state index contributed by atoms with van der Waals surface area (Å²) in [5, 5.41) is 3.74. The SMILES string of the molecule is CCOC1CC(NCCCN(C(=O)OC(C)(C)C)C2CC2)C12CCC2. The first-order valence-corrected chi connectivity index (χ1v) is 10.2. The molecule has 0 aromatic carbocycles. The van der Waals surface area contributed by atoms with E-state index in [4.69, 9.17) is 9.47 Å². The molecule has 3 saturated carbocycles. The second kappa shape index (κ2) is 7.43. The van der Waals surface area contributed by atoms with Gasteiger partial charge in [-0.05, 0) is 72.8 Å². The molecule has 1 amide bonds. The maximum absolute atomic E-state index is 12.4. The Labute approximate surface area is 152 Å². The van der Waals surface area contributed by atoms with Gasteiger partial charge in [0.25, 0.3) is 0 Å². The van der Waals surface area contributed by atoms with Crippen LogP contribution in [0.2, 0.25) is 0 Å². The van der Waals surface area contributed by atoms with E-state index in [9.17, 15) is 4.79 Å². The van der Waals surface area contributed by atoms with Crippen LogP contribution in [0.15, 0.2) is 0 Å². The summed E-state index contributed by atoms with van der Waals surface area (Å²) in [7, 11) is 0. The third-order valence-corrected chi connectivity index (χ3v) is 6.02. The Hall–Kier alpha value is -0.810. The van der Waals surface area contributed by atoms with Gasteiger partial charge in [-0.25, -0.2) is 4.79 Å². The van der Waals surface area contributed by atoms with E-state index in [1.807, 2.05) is 25.7 Å². The van der Waals surface area contributed by atoms with Crippen LogP contribution in [0.25, 0.3) is 0 Å². The summed E-state index contributed by atoms with van der Waals surface area (Å²) in [5.41, 5.74) is -0.00332. The van der Waals surface area contributed by atoms with Crippen LogP contribution in [-0.4, -0.2) is 54.5 Å². The number of hydrogen-bond acceptors (Lipinski definition) is 4. The van der Waals surface area contributed by atoms with E-state index in [1.54, 1.807) is 0 Å². The van der Waals surface area contributed by atoms with Crippen LogP contribution in [0.3, 0.4) is 0 Å². The third-order valence-electron chi connectivity index (χ3n) is 6.02. The van der Waals surface area contributed by atoms with E-state index in [0.717, 1.165) is 45.4 Å². The summed E-state index contributed by atoms with van der Waals surface area (Å²) < 4.78 is 11.5. The minimum atomic E-state index is -0.417. The van der Waals surface area contributed by atoms with Gasteiger partial charge < -0.3 is 19.7 Å². The number of carbonyl (C=O) groups excluding carboxylic acids is 1. The molecular formula is C20H36N2O3. The Morgan fingerprint density at radius 1 is 1.28 bits per heavy atom. The summed E-state index contributed by atoms with van der Waals surface area (Å²) in [6, 6.07) is 1.01. The summed E-state index contributed by atoms with van der Waals surface area (Å²) in [4.78, 5) is 14.3. The molecule has 1 N–H and O–H groups in total. The lowest BCUT2D eigenvalue weighted by molar-refractivity contribution is -0.172. The van der Waals surface area contributed by atoms with E-state index >= 15 is 0 Å². The largest absolute Gasteiger partial charge is 0.444 e. The van der Waals surface area contributed by atoms with E-state index in [2.05, 4.69) is 12.2 Å². The van der Waals surface area contributed by atoms with Crippen molar-refractivity contribution in [2.75, 3.05) is 19.7 Å². The van der Waals surface area contributed by atoms with Crippen molar-refractivity contribution < 1.29 is 14.3 Å². The molecule has 25 heavy (non-hydrogen) atoms. The summed E-state index contributed by atoms with van der Waals surface area (Å²) >= 11 is 0. The molecular weight excluding hydrogens is 316 g/mol. The zero-order valence-electron chi connectivity index (χ0n) is 16.5. The highest BCUT2D eigenvalue weighted by Crippen LogP contribution is 2.57. The number of amides is 1. The Bertz CT molecular complexity index is 466. The van der Waals surface area contributed by atoms with Crippen molar-refractivity contribution >= 4 is 6.09 Å². The lowest BCUT2D eigenvalue weighted by Gasteiger charge is -2.61. The van der Waals surface area contributed by atoms with Gasteiger partial charge in [-0.15, -0.1) is 0 Å². The van der Waals surface area contributed by atoms with Gasteiger partial charge in [0.1, 0.15) is 5.60 Å². The molecule has 5 nitrogen and oxygen atoms in total. The molecule has 0 saturated heterocycles. The van der Waals surface area contributed by atoms with Crippen molar-refractivity contribution in [2.24, 2.45) is 5.41 Å². The highest BCUT2D eigenvalue weighted by Gasteiger charge is 2.58. The zero-order chi connectivity index (χ0) is 18.1. The molecule has 0 bridgehead atoms. The van der Waals surface area contributed by atoms with Crippen molar-refractivity contribution in [3.8, 4) is 0 Å². The quantitative estimate of drug-likeness (QED) is 0.677. The molecule has 2 unspecified atom stereocenters. The molecule has 1 spiro atoms. The first-order chi connectivity index (χ1) is 11.9. The Morgan fingerprint density at radius 3 is 2.52 bits per heavy atom. The second-order valence-corrected chi connectivity index (χ2v) is 9.03. The molecule has 0 aromatic rings. The van der Waals surface area contributed by atoms with E-state index < -0.39 is 5.60 Å². The Balaban J connectivity index is 1.39. The summed E-state index contributed by atoms with van der Waals surface area (Å²) in [6.07, 6.45) is 8.65. The predicted octanol–water partition coefficient (Wildman–Crippen LogP) is 3.71. The van der Waals surface area contributed by atoms with Gasteiger partial charge in [0.15, 0.2) is 0 Å². The maximum atomic E-state index is 12.4. The molecule has 3 fully saturated rings. The lowest BCUT2D eigenvalue weighted by Crippen LogP contribution is -2.67. The fraction of sp³-hybridized carbons (Fsp3) is 0.950. The van der Waals surface area contributed by atoms with Gasteiger partial charge >= 0.3 is 6.09 Å². The van der Waals surface area contributed by atoms with Crippen molar-refractivity contribution in [1.82, 2.24) is 10.2 Å².